The molecule has 0 aromatic carbocycles. The predicted molar refractivity (Wildman–Crippen MR) is 98.8 cm³/mol. The van der Waals surface area contributed by atoms with Crippen LogP contribution in [0.3, 0.4) is 0 Å². The summed E-state index contributed by atoms with van der Waals surface area (Å²) in [6.07, 6.45) is 3.93. The molecule has 1 aromatic rings. The fourth-order valence-corrected chi connectivity index (χ4v) is 3.18. The van der Waals surface area contributed by atoms with Crippen molar-refractivity contribution in [2.24, 2.45) is 0 Å². The van der Waals surface area contributed by atoms with Crippen molar-refractivity contribution in [1.82, 2.24) is 15.3 Å². The highest BCUT2D eigenvalue weighted by Gasteiger charge is 2.52. The van der Waals surface area contributed by atoms with Crippen molar-refractivity contribution in [3.8, 4) is 0 Å². The van der Waals surface area contributed by atoms with Crippen LogP contribution in [0.4, 0.5) is 10.7 Å². The monoisotopic (exact) mass is 362 g/mol. The minimum atomic E-state index is -0.982. The van der Waals surface area contributed by atoms with E-state index >= 15 is 0 Å². The summed E-state index contributed by atoms with van der Waals surface area (Å²) < 4.78 is 12.0. The van der Waals surface area contributed by atoms with Gasteiger partial charge in [-0.25, -0.2) is 14.8 Å². The minimum Gasteiger partial charge on any atom is -0.465 e. The summed E-state index contributed by atoms with van der Waals surface area (Å²) >= 11 is 0. The highest BCUT2D eigenvalue weighted by atomic mass is 16.7. The number of hydrogen-bond acceptors (Lipinski definition) is 6. The molecule has 2 saturated heterocycles. The van der Waals surface area contributed by atoms with Crippen LogP contribution in [0.2, 0.25) is 0 Å². The maximum absolute atomic E-state index is 10.9. The third-order valence-corrected chi connectivity index (χ3v) is 5.74. The topological polar surface area (TPSA) is 96.8 Å². The first kappa shape index (κ1) is 18.9. The average Bonchev–Trinajstić information content (AvgIpc) is 2.75. The van der Waals surface area contributed by atoms with E-state index in [0.717, 1.165) is 5.46 Å². The Morgan fingerprint density at radius 3 is 2.08 bits per heavy atom. The zero-order valence-electron chi connectivity index (χ0n) is 16.1. The summed E-state index contributed by atoms with van der Waals surface area (Å²) in [6.45, 7) is 11.4. The fourth-order valence-electron chi connectivity index (χ4n) is 3.18. The van der Waals surface area contributed by atoms with Crippen molar-refractivity contribution >= 4 is 24.6 Å². The number of carbonyl (C=O) groups is 1. The van der Waals surface area contributed by atoms with Gasteiger partial charge < -0.3 is 24.6 Å². The number of nitrogens with one attached hydrogen (secondary N) is 1. The quantitative estimate of drug-likeness (QED) is 0.785. The van der Waals surface area contributed by atoms with Crippen molar-refractivity contribution in [3.05, 3.63) is 12.4 Å². The molecule has 1 amide bonds. The molecule has 3 rings (SSSR count). The summed E-state index contributed by atoms with van der Waals surface area (Å²) in [7, 11) is -0.474. The molecule has 0 bridgehead atoms. The Morgan fingerprint density at radius 2 is 1.62 bits per heavy atom. The first-order valence-corrected chi connectivity index (χ1v) is 8.95. The lowest BCUT2D eigenvalue weighted by Gasteiger charge is -2.39. The van der Waals surface area contributed by atoms with Gasteiger partial charge >= 0.3 is 13.2 Å². The van der Waals surface area contributed by atoms with Crippen LogP contribution in [0.15, 0.2) is 12.4 Å². The van der Waals surface area contributed by atoms with Gasteiger partial charge in [0.25, 0.3) is 0 Å². The van der Waals surface area contributed by atoms with E-state index in [1.165, 1.54) is 0 Å². The van der Waals surface area contributed by atoms with E-state index in [0.29, 0.717) is 31.9 Å². The Labute approximate surface area is 154 Å². The first-order valence-electron chi connectivity index (χ1n) is 8.95. The van der Waals surface area contributed by atoms with Crippen molar-refractivity contribution in [3.63, 3.8) is 0 Å². The maximum atomic E-state index is 10.9. The number of amides is 1. The summed E-state index contributed by atoms with van der Waals surface area (Å²) in [6, 6.07) is 0. The summed E-state index contributed by atoms with van der Waals surface area (Å²) in [4.78, 5) is 21.9. The second-order valence-corrected chi connectivity index (χ2v) is 8.38. The van der Waals surface area contributed by atoms with E-state index in [1.807, 2.05) is 34.6 Å². The van der Waals surface area contributed by atoms with E-state index < -0.39 is 30.0 Å². The Morgan fingerprint density at radius 1 is 1.12 bits per heavy atom. The largest absolute Gasteiger partial charge is 0.498 e. The molecule has 3 heterocycles. The van der Waals surface area contributed by atoms with Crippen LogP contribution >= 0.6 is 0 Å². The molecule has 26 heavy (non-hydrogen) atoms. The Hall–Kier alpha value is -1.87. The van der Waals surface area contributed by atoms with Gasteiger partial charge in [0.05, 0.1) is 11.2 Å². The molecule has 2 aliphatic heterocycles. The van der Waals surface area contributed by atoms with E-state index in [4.69, 9.17) is 14.4 Å². The van der Waals surface area contributed by atoms with E-state index in [1.54, 1.807) is 12.4 Å². The molecule has 0 saturated carbocycles. The molecular weight excluding hydrogens is 335 g/mol. The van der Waals surface area contributed by atoms with Crippen LogP contribution < -0.4 is 15.7 Å². The number of piperidine rings is 1. The third-order valence-electron chi connectivity index (χ3n) is 5.74. The minimum absolute atomic E-state index is 0.398. The molecule has 8 nitrogen and oxygen atoms in total. The molecule has 2 N–H and O–H groups in total. The van der Waals surface area contributed by atoms with E-state index in [2.05, 4.69) is 20.2 Å². The van der Waals surface area contributed by atoms with Crippen LogP contribution in [-0.2, 0) is 9.31 Å². The van der Waals surface area contributed by atoms with Gasteiger partial charge in [-0.05, 0) is 47.5 Å². The number of nitrogens with zero attached hydrogens (tertiary/aromatic N) is 3. The second-order valence-electron chi connectivity index (χ2n) is 8.38. The lowest BCUT2D eigenvalue weighted by molar-refractivity contribution is 0.00578. The van der Waals surface area contributed by atoms with Crippen molar-refractivity contribution in [2.75, 3.05) is 18.0 Å². The molecule has 0 radical (unpaired) electrons. The van der Waals surface area contributed by atoms with Crippen molar-refractivity contribution in [2.45, 2.75) is 64.2 Å². The molecule has 0 atom stereocenters. The van der Waals surface area contributed by atoms with Gasteiger partial charge in [-0.3, -0.25) is 0 Å². The van der Waals surface area contributed by atoms with Crippen LogP contribution in [0.5, 0.6) is 0 Å². The normalized spacial score (nSPS) is 23.7. The first-order chi connectivity index (χ1) is 12.0. The fraction of sp³-hybridized carbons (Fsp3) is 0.706. The van der Waals surface area contributed by atoms with Gasteiger partial charge in [0.15, 0.2) is 0 Å². The lowest BCUT2D eigenvalue weighted by atomic mass is 9.81. The standard InChI is InChI=1S/C17H27BN4O4/c1-15(2)16(3,4)26-18(25-15)12-10-19-13(20-11-12)22-8-6-17(5,7-9-22)21-14(23)24/h10-11,21H,6-9H2,1-5H3,(H,23,24). The summed E-state index contributed by atoms with van der Waals surface area (Å²) in [5, 5.41) is 11.6. The van der Waals surface area contributed by atoms with Crippen molar-refractivity contribution < 1.29 is 19.2 Å². The molecule has 142 valence electrons. The molecule has 0 aliphatic carbocycles. The Balaban J connectivity index is 1.64. The van der Waals surface area contributed by atoms with Gasteiger partial charge in [-0.15, -0.1) is 0 Å². The zero-order valence-corrected chi connectivity index (χ0v) is 16.1. The molecular formula is C17H27BN4O4. The van der Waals surface area contributed by atoms with Crippen LogP contribution in [-0.4, -0.2) is 58.1 Å². The number of hydrogen-bond donors (Lipinski definition) is 2. The van der Waals surface area contributed by atoms with E-state index in [9.17, 15) is 4.79 Å². The average molecular weight is 362 g/mol. The van der Waals surface area contributed by atoms with Crippen LogP contribution in [0.1, 0.15) is 47.5 Å². The predicted octanol–water partition coefficient (Wildman–Crippen LogP) is 1.40. The summed E-state index contributed by atoms with van der Waals surface area (Å²) in [5.74, 6) is 0.641. The maximum Gasteiger partial charge on any atom is 0.498 e. The highest BCUT2D eigenvalue weighted by Crippen LogP contribution is 2.36. The van der Waals surface area contributed by atoms with Gasteiger partial charge in [-0.2, -0.15) is 0 Å². The number of anilines is 1. The molecule has 1 aromatic heterocycles. The van der Waals surface area contributed by atoms with Gasteiger partial charge in [0.2, 0.25) is 5.95 Å². The van der Waals surface area contributed by atoms with Gasteiger partial charge in [-0.1, -0.05) is 0 Å². The van der Waals surface area contributed by atoms with Gasteiger partial charge in [0, 0.05) is 36.5 Å². The number of carboxylic acid groups (broad SMARTS) is 1. The second kappa shape index (κ2) is 6.38. The zero-order chi connectivity index (χ0) is 19.2. The SMILES string of the molecule is CC1(NC(=O)O)CCN(c2ncc(B3OC(C)(C)C(C)(C)O3)cn2)CC1. The summed E-state index contributed by atoms with van der Waals surface area (Å²) in [5.41, 5.74) is -0.401. The molecule has 2 fully saturated rings. The molecule has 0 unspecified atom stereocenters. The molecule has 9 heteroatoms. The molecule has 2 aliphatic rings. The van der Waals surface area contributed by atoms with E-state index in [-0.39, 0.29) is 0 Å². The van der Waals surface area contributed by atoms with Crippen LogP contribution in [0, 0.1) is 0 Å². The highest BCUT2D eigenvalue weighted by molar-refractivity contribution is 6.61. The molecule has 0 spiro atoms. The smallest absolute Gasteiger partial charge is 0.465 e. The lowest BCUT2D eigenvalue weighted by Crippen LogP contribution is -2.53. The Kier molecular flexibility index (Phi) is 4.64. The van der Waals surface area contributed by atoms with Crippen LogP contribution in [0.25, 0.3) is 0 Å². The van der Waals surface area contributed by atoms with Gasteiger partial charge in [0.1, 0.15) is 0 Å². The Bertz CT molecular complexity index is 656. The number of aromatic nitrogens is 2. The number of rotatable bonds is 3. The third kappa shape index (κ3) is 3.64. The van der Waals surface area contributed by atoms with Crippen molar-refractivity contribution in [1.29, 1.82) is 0 Å².